The molecule has 102 valence electrons. The van der Waals surface area contributed by atoms with Gasteiger partial charge in [0.25, 0.3) is 0 Å². The number of hydrogen-bond donors (Lipinski definition) is 1. The number of ether oxygens (including phenoxy) is 2. The van der Waals surface area contributed by atoms with Crippen LogP contribution in [0.15, 0.2) is 47.6 Å². The van der Waals surface area contributed by atoms with E-state index in [2.05, 4.69) is 10.5 Å². The molecule has 0 fully saturated rings. The summed E-state index contributed by atoms with van der Waals surface area (Å²) in [6.45, 7) is 0.754. The van der Waals surface area contributed by atoms with Crippen LogP contribution in [0, 0.1) is 0 Å². The first-order chi connectivity index (χ1) is 9.83. The number of benzene rings is 2. The summed E-state index contributed by atoms with van der Waals surface area (Å²) in [7, 11) is 0. The van der Waals surface area contributed by atoms with Crippen molar-refractivity contribution in [2.45, 2.75) is 6.61 Å². The fraction of sp³-hybridized carbons (Fsp3) is 0.133. The molecule has 1 aliphatic heterocycles. The van der Waals surface area contributed by atoms with Gasteiger partial charge in [-0.15, -0.1) is 0 Å². The number of nitrogens with zero attached hydrogens (tertiary/aromatic N) is 1. The predicted molar refractivity (Wildman–Crippen MR) is 79.4 cm³/mol. The van der Waals surface area contributed by atoms with Gasteiger partial charge in [0, 0.05) is 16.1 Å². The molecule has 1 N–H and O–H groups in total. The maximum absolute atomic E-state index is 6.08. The topological polar surface area (TPSA) is 42.9 Å². The smallest absolute Gasteiger partial charge is 0.189 e. The zero-order valence-electron chi connectivity index (χ0n) is 10.7. The number of anilines is 1. The first-order valence-corrected chi connectivity index (χ1v) is 6.58. The molecule has 20 heavy (non-hydrogen) atoms. The SMILES string of the molecule is Clc1cc(C=NNc2ccccc2)c2c(c1)COCO2. The summed E-state index contributed by atoms with van der Waals surface area (Å²) in [4.78, 5) is 0. The van der Waals surface area contributed by atoms with Crippen molar-refractivity contribution in [3.8, 4) is 5.75 Å². The van der Waals surface area contributed by atoms with E-state index >= 15 is 0 Å². The molecule has 3 rings (SSSR count). The second kappa shape index (κ2) is 5.94. The summed E-state index contributed by atoms with van der Waals surface area (Å²) >= 11 is 6.08. The number of hydrazone groups is 1. The van der Waals surface area contributed by atoms with E-state index in [9.17, 15) is 0 Å². The van der Waals surface area contributed by atoms with Gasteiger partial charge in [-0.2, -0.15) is 5.10 Å². The summed E-state index contributed by atoms with van der Waals surface area (Å²) in [6, 6.07) is 13.4. The molecule has 0 bridgehead atoms. The standard InChI is InChI=1S/C15H13ClN2O2/c16-13-6-11(15-12(7-13)9-19-10-20-15)8-17-18-14-4-2-1-3-5-14/h1-8,18H,9-10H2. The molecule has 0 radical (unpaired) electrons. The molecule has 1 heterocycles. The highest BCUT2D eigenvalue weighted by Gasteiger charge is 2.15. The van der Waals surface area contributed by atoms with Crippen LogP contribution in [0.1, 0.15) is 11.1 Å². The molecule has 4 nitrogen and oxygen atoms in total. The van der Waals surface area contributed by atoms with Crippen LogP contribution in [0.3, 0.4) is 0 Å². The highest BCUT2D eigenvalue weighted by molar-refractivity contribution is 6.31. The Labute approximate surface area is 122 Å². The van der Waals surface area contributed by atoms with Crippen LogP contribution in [-0.2, 0) is 11.3 Å². The van der Waals surface area contributed by atoms with Crippen LogP contribution in [0.4, 0.5) is 5.69 Å². The molecule has 0 aromatic heterocycles. The van der Waals surface area contributed by atoms with Crippen LogP contribution in [0.25, 0.3) is 0 Å². The third-order valence-electron chi connectivity index (χ3n) is 2.87. The van der Waals surface area contributed by atoms with E-state index in [1.807, 2.05) is 42.5 Å². The van der Waals surface area contributed by atoms with Crippen molar-refractivity contribution >= 4 is 23.5 Å². The minimum Gasteiger partial charge on any atom is -0.466 e. The zero-order valence-corrected chi connectivity index (χ0v) is 11.4. The Hall–Kier alpha value is -2.04. The third-order valence-corrected chi connectivity index (χ3v) is 3.09. The number of hydrogen-bond acceptors (Lipinski definition) is 4. The van der Waals surface area contributed by atoms with E-state index in [0.29, 0.717) is 11.6 Å². The average Bonchev–Trinajstić information content (AvgIpc) is 2.48. The van der Waals surface area contributed by atoms with Gasteiger partial charge in [-0.25, -0.2) is 0 Å². The maximum atomic E-state index is 6.08. The molecule has 0 saturated heterocycles. The van der Waals surface area contributed by atoms with E-state index < -0.39 is 0 Å². The van der Waals surface area contributed by atoms with Crippen molar-refractivity contribution in [3.05, 3.63) is 58.6 Å². The molecule has 0 spiro atoms. The van der Waals surface area contributed by atoms with Crippen molar-refractivity contribution in [1.29, 1.82) is 0 Å². The third kappa shape index (κ3) is 2.92. The van der Waals surface area contributed by atoms with Gasteiger partial charge < -0.3 is 9.47 Å². The van der Waals surface area contributed by atoms with Crippen molar-refractivity contribution < 1.29 is 9.47 Å². The fourth-order valence-corrected chi connectivity index (χ4v) is 2.24. The number of halogens is 1. The van der Waals surface area contributed by atoms with Crippen LogP contribution in [0.5, 0.6) is 5.75 Å². The number of fused-ring (bicyclic) bond motifs is 1. The Bertz CT molecular complexity index is 629. The highest BCUT2D eigenvalue weighted by atomic mass is 35.5. The van der Waals surface area contributed by atoms with E-state index in [1.54, 1.807) is 6.21 Å². The van der Waals surface area contributed by atoms with Crippen LogP contribution < -0.4 is 10.2 Å². The highest BCUT2D eigenvalue weighted by Crippen LogP contribution is 2.30. The van der Waals surface area contributed by atoms with Gasteiger partial charge in [-0.1, -0.05) is 29.8 Å². The Kier molecular flexibility index (Phi) is 3.85. The van der Waals surface area contributed by atoms with Crippen molar-refractivity contribution in [3.63, 3.8) is 0 Å². The van der Waals surface area contributed by atoms with Crippen molar-refractivity contribution in [2.24, 2.45) is 5.10 Å². The summed E-state index contributed by atoms with van der Waals surface area (Å²) in [5, 5.41) is 4.84. The van der Waals surface area contributed by atoms with Gasteiger partial charge in [0.15, 0.2) is 6.79 Å². The Morgan fingerprint density at radius 1 is 1.20 bits per heavy atom. The van der Waals surface area contributed by atoms with Crippen LogP contribution in [0.2, 0.25) is 5.02 Å². The van der Waals surface area contributed by atoms with Gasteiger partial charge in [-0.3, -0.25) is 5.43 Å². The summed E-state index contributed by atoms with van der Waals surface area (Å²) in [5.74, 6) is 0.777. The Balaban J connectivity index is 1.82. The molecule has 2 aromatic rings. The number of nitrogens with one attached hydrogen (secondary N) is 1. The predicted octanol–water partition coefficient (Wildman–Crippen LogP) is 3.65. The maximum Gasteiger partial charge on any atom is 0.189 e. The van der Waals surface area contributed by atoms with Gasteiger partial charge in [0.2, 0.25) is 0 Å². The lowest BCUT2D eigenvalue weighted by molar-refractivity contribution is -0.0164. The number of rotatable bonds is 3. The normalized spacial score (nSPS) is 13.8. The van der Waals surface area contributed by atoms with Gasteiger partial charge in [-0.05, 0) is 24.3 Å². The van der Waals surface area contributed by atoms with E-state index in [-0.39, 0.29) is 6.79 Å². The largest absolute Gasteiger partial charge is 0.466 e. The summed E-state index contributed by atoms with van der Waals surface area (Å²) < 4.78 is 10.8. The lowest BCUT2D eigenvalue weighted by Gasteiger charge is -2.19. The lowest BCUT2D eigenvalue weighted by atomic mass is 10.1. The van der Waals surface area contributed by atoms with E-state index in [0.717, 1.165) is 22.6 Å². The molecule has 0 saturated carbocycles. The molecule has 5 heteroatoms. The minimum absolute atomic E-state index is 0.252. The van der Waals surface area contributed by atoms with Crippen molar-refractivity contribution in [2.75, 3.05) is 12.2 Å². The minimum atomic E-state index is 0.252. The van der Waals surface area contributed by atoms with E-state index in [4.69, 9.17) is 21.1 Å². The Morgan fingerprint density at radius 3 is 2.90 bits per heavy atom. The first-order valence-electron chi connectivity index (χ1n) is 6.20. The molecular weight excluding hydrogens is 276 g/mol. The van der Waals surface area contributed by atoms with Gasteiger partial charge >= 0.3 is 0 Å². The van der Waals surface area contributed by atoms with E-state index in [1.165, 1.54) is 0 Å². The van der Waals surface area contributed by atoms with Gasteiger partial charge in [0.05, 0.1) is 18.5 Å². The molecular formula is C15H13ClN2O2. The molecule has 0 amide bonds. The summed E-state index contributed by atoms with van der Waals surface area (Å²) in [6.07, 6.45) is 1.70. The molecule has 0 aliphatic carbocycles. The molecule has 0 atom stereocenters. The average molecular weight is 289 g/mol. The zero-order chi connectivity index (χ0) is 13.8. The van der Waals surface area contributed by atoms with Crippen LogP contribution >= 0.6 is 11.6 Å². The lowest BCUT2D eigenvalue weighted by Crippen LogP contribution is -2.13. The fourth-order valence-electron chi connectivity index (χ4n) is 1.99. The monoisotopic (exact) mass is 288 g/mol. The van der Waals surface area contributed by atoms with Crippen molar-refractivity contribution in [1.82, 2.24) is 0 Å². The Morgan fingerprint density at radius 2 is 2.05 bits per heavy atom. The van der Waals surface area contributed by atoms with Gasteiger partial charge in [0.1, 0.15) is 5.75 Å². The second-order valence-electron chi connectivity index (χ2n) is 4.33. The second-order valence-corrected chi connectivity index (χ2v) is 4.77. The molecule has 0 unspecified atom stereocenters. The molecule has 2 aromatic carbocycles. The summed E-state index contributed by atoms with van der Waals surface area (Å²) in [5.41, 5.74) is 5.65. The number of para-hydroxylation sites is 1. The molecule has 1 aliphatic rings. The first kappa shape index (κ1) is 13.0. The van der Waals surface area contributed by atoms with Crippen LogP contribution in [-0.4, -0.2) is 13.0 Å². The quantitative estimate of drug-likeness (QED) is 0.692.